The van der Waals surface area contributed by atoms with Gasteiger partial charge in [0.05, 0.1) is 29.9 Å². The van der Waals surface area contributed by atoms with Gasteiger partial charge < -0.3 is 27.4 Å². The highest BCUT2D eigenvalue weighted by Gasteiger charge is 2.46. The average Bonchev–Trinajstić information content (AvgIpc) is 2.97. The van der Waals surface area contributed by atoms with Gasteiger partial charge in [-0.05, 0) is 13.0 Å². The lowest BCUT2D eigenvalue weighted by atomic mass is 10.0. The summed E-state index contributed by atoms with van der Waals surface area (Å²) >= 11 is 0. The Morgan fingerprint density at radius 3 is 2.63 bits per heavy atom. The van der Waals surface area contributed by atoms with Gasteiger partial charge in [-0.25, -0.2) is 0 Å². The number of amides is 1. The fourth-order valence-corrected chi connectivity index (χ4v) is 2.87. The third-order valence-electron chi connectivity index (χ3n) is 4.26. The SMILES string of the molecule is CC1NC(C(F)(F)F)CN1c1ccncc1NC(=O)C(C(N)N)C(N)N=O. The zero-order valence-electron chi connectivity index (χ0n) is 14.3. The van der Waals surface area contributed by atoms with Gasteiger partial charge >= 0.3 is 6.18 Å². The fraction of sp³-hybridized carbons (Fsp3) is 0.571. The number of alkyl halides is 3. The van der Waals surface area contributed by atoms with Gasteiger partial charge in [-0.3, -0.25) is 15.1 Å². The first kappa shape index (κ1) is 21.0. The molecule has 0 bridgehead atoms. The lowest BCUT2D eigenvalue weighted by molar-refractivity contribution is -0.149. The Morgan fingerprint density at radius 2 is 2.11 bits per heavy atom. The third-order valence-corrected chi connectivity index (χ3v) is 4.26. The molecule has 0 aromatic carbocycles. The van der Waals surface area contributed by atoms with Gasteiger partial charge in [-0.1, -0.05) is 5.18 Å². The Labute approximate surface area is 152 Å². The van der Waals surface area contributed by atoms with Crippen LogP contribution < -0.4 is 32.7 Å². The summed E-state index contributed by atoms with van der Waals surface area (Å²) in [6.07, 6.45) is -5.17. The van der Waals surface area contributed by atoms with Crippen molar-refractivity contribution in [2.45, 2.75) is 37.6 Å². The van der Waals surface area contributed by atoms with Crippen molar-refractivity contribution in [3.8, 4) is 0 Å². The molecule has 2 rings (SSSR count). The minimum Gasteiger partial charge on any atom is -0.353 e. The van der Waals surface area contributed by atoms with Crippen LogP contribution in [0.4, 0.5) is 24.5 Å². The average molecular weight is 390 g/mol. The number of nitrogens with two attached hydrogens (primary N) is 3. The largest absolute Gasteiger partial charge is 0.405 e. The van der Waals surface area contributed by atoms with Crippen LogP contribution in [0.25, 0.3) is 0 Å². The molecule has 1 saturated heterocycles. The lowest BCUT2D eigenvalue weighted by Crippen LogP contribution is -2.52. The maximum absolute atomic E-state index is 13.0. The molecule has 27 heavy (non-hydrogen) atoms. The van der Waals surface area contributed by atoms with Crippen LogP contribution in [0.15, 0.2) is 23.6 Å². The molecule has 8 N–H and O–H groups in total. The van der Waals surface area contributed by atoms with Gasteiger partial charge in [0.15, 0.2) is 6.17 Å². The Kier molecular flexibility index (Phi) is 6.30. The quantitative estimate of drug-likeness (QED) is 0.324. The third kappa shape index (κ3) is 4.68. The maximum Gasteiger partial charge on any atom is 0.405 e. The second-order valence-corrected chi connectivity index (χ2v) is 6.17. The van der Waals surface area contributed by atoms with E-state index < -0.39 is 42.5 Å². The van der Waals surface area contributed by atoms with E-state index in [-0.39, 0.29) is 12.2 Å². The number of nitrogens with one attached hydrogen (secondary N) is 2. The van der Waals surface area contributed by atoms with Gasteiger partial charge in [0.2, 0.25) is 5.91 Å². The number of halogens is 3. The van der Waals surface area contributed by atoms with Crippen LogP contribution in [0.1, 0.15) is 6.92 Å². The van der Waals surface area contributed by atoms with E-state index in [1.54, 1.807) is 6.92 Å². The number of carbonyl (C=O) groups excluding carboxylic acids is 1. The van der Waals surface area contributed by atoms with Crippen LogP contribution in [0.3, 0.4) is 0 Å². The van der Waals surface area contributed by atoms with E-state index in [4.69, 9.17) is 17.2 Å². The van der Waals surface area contributed by atoms with Gasteiger partial charge in [0, 0.05) is 12.7 Å². The Morgan fingerprint density at radius 1 is 1.44 bits per heavy atom. The number of hydrogen-bond donors (Lipinski definition) is 5. The Bertz CT molecular complexity index is 687. The lowest BCUT2D eigenvalue weighted by Gasteiger charge is -2.27. The van der Waals surface area contributed by atoms with Gasteiger partial charge in [0.1, 0.15) is 12.0 Å². The summed E-state index contributed by atoms with van der Waals surface area (Å²) < 4.78 is 39.0. The van der Waals surface area contributed by atoms with Crippen molar-refractivity contribution in [1.82, 2.24) is 10.3 Å². The summed E-state index contributed by atoms with van der Waals surface area (Å²) in [5, 5.41) is 7.48. The molecular formula is C14H21F3N8O2. The van der Waals surface area contributed by atoms with E-state index in [9.17, 15) is 22.9 Å². The molecule has 4 unspecified atom stereocenters. The highest BCUT2D eigenvalue weighted by molar-refractivity contribution is 5.96. The van der Waals surface area contributed by atoms with E-state index >= 15 is 0 Å². The number of aromatic nitrogens is 1. The molecular weight excluding hydrogens is 369 g/mol. The van der Waals surface area contributed by atoms with Crippen molar-refractivity contribution in [3.63, 3.8) is 0 Å². The van der Waals surface area contributed by atoms with Crippen molar-refractivity contribution in [1.29, 1.82) is 0 Å². The molecule has 1 aliphatic heterocycles. The minimum absolute atomic E-state index is 0.128. The molecule has 1 fully saturated rings. The first-order valence-corrected chi connectivity index (χ1v) is 7.99. The maximum atomic E-state index is 13.0. The summed E-state index contributed by atoms with van der Waals surface area (Å²) in [5.74, 6) is -2.12. The zero-order chi connectivity index (χ0) is 20.4. The number of pyridine rings is 1. The zero-order valence-corrected chi connectivity index (χ0v) is 14.3. The smallest absolute Gasteiger partial charge is 0.353 e. The van der Waals surface area contributed by atoms with Crippen molar-refractivity contribution in [3.05, 3.63) is 23.4 Å². The molecule has 13 heteroatoms. The van der Waals surface area contributed by atoms with Crippen LogP contribution in [-0.4, -0.2) is 48.2 Å². The molecule has 150 valence electrons. The molecule has 2 heterocycles. The Balaban J connectivity index is 2.26. The predicted octanol–water partition coefficient (Wildman–Crippen LogP) is -0.382. The van der Waals surface area contributed by atoms with Crippen LogP contribution >= 0.6 is 0 Å². The highest BCUT2D eigenvalue weighted by Crippen LogP contribution is 2.33. The molecule has 0 spiro atoms. The predicted molar refractivity (Wildman–Crippen MR) is 92.1 cm³/mol. The highest BCUT2D eigenvalue weighted by atomic mass is 19.4. The standard InChI is InChI=1S/C14H21F3N8O2/c1-6-22-9(14(15,16)17)5-25(6)8-2-3-21-4-7(8)23-13(26)10(11(18)19)12(20)24-27/h2-4,6,9-12,22H,5,18-20H2,1H3,(H,23,26). The minimum atomic E-state index is -4.42. The van der Waals surface area contributed by atoms with Crippen LogP contribution in [0.2, 0.25) is 0 Å². The summed E-state index contributed by atoms with van der Waals surface area (Å²) in [6.45, 7) is 1.20. The molecule has 10 nitrogen and oxygen atoms in total. The van der Waals surface area contributed by atoms with E-state index in [2.05, 4.69) is 20.8 Å². The molecule has 1 aliphatic rings. The van der Waals surface area contributed by atoms with Gasteiger partial charge in [-0.2, -0.15) is 13.2 Å². The van der Waals surface area contributed by atoms with Crippen LogP contribution in [-0.2, 0) is 4.79 Å². The molecule has 1 aromatic rings. The number of hydrogen-bond acceptors (Lipinski definition) is 9. The summed E-state index contributed by atoms with van der Waals surface area (Å²) in [5.41, 5.74) is 16.9. The van der Waals surface area contributed by atoms with E-state index in [0.717, 1.165) is 0 Å². The summed E-state index contributed by atoms with van der Waals surface area (Å²) in [7, 11) is 0. The fourth-order valence-electron chi connectivity index (χ4n) is 2.87. The monoisotopic (exact) mass is 390 g/mol. The van der Waals surface area contributed by atoms with Gasteiger partial charge in [-0.15, -0.1) is 4.91 Å². The number of anilines is 2. The summed E-state index contributed by atoms with van der Waals surface area (Å²) in [4.78, 5) is 28.4. The van der Waals surface area contributed by atoms with Gasteiger partial charge in [0.25, 0.3) is 0 Å². The summed E-state index contributed by atoms with van der Waals surface area (Å²) in [6, 6.07) is -0.260. The molecule has 0 radical (unpaired) electrons. The molecule has 1 amide bonds. The van der Waals surface area contributed by atoms with Crippen molar-refractivity contribution in [2.75, 3.05) is 16.8 Å². The molecule has 4 atom stereocenters. The second kappa shape index (κ2) is 8.12. The van der Waals surface area contributed by atoms with E-state index in [0.29, 0.717) is 5.69 Å². The first-order chi connectivity index (χ1) is 12.6. The number of nitrogens with zero attached hydrogens (tertiary/aromatic N) is 3. The first-order valence-electron chi connectivity index (χ1n) is 7.99. The van der Waals surface area contributed by atoms with E-state index in [1.165, 1.54) is 23.4 Å². The van der Waals surface area contributed by atoms with Crippen molar-refractivity contribution in [2.24, 2.45) is 28.3 Å². The number of rotatable bonds is 6. The van der Waals surface area contributed by atoms with Crippen molar-refractivity contribution >= 4 is 17.3 Å². The normalized spacial score (nSPS) is 22.6. The Hall–Kier alpha value is -2.35. The molecule has 1 aromatic heterocycles. The number of carbonyl (C=O) groups is 1. The molecule has 0 aliphatic carbocycles. The number of nitroso groups, excluding NO2 is 1. The van der Waals surface area contributed by atoms with Crippen LogP contribution in [0.5, 0.6) is 0 Å². The second-order valence-electron chi connectivity index (χ2n) is 6.17. The molecule has 0 saturated carbocycles. The topological polar surface area (TPSA) is 165 Å². The van der Waals surface area contributed by atoms with Crippen molar-refractivity contribution < 1.29 is 18.0 Å². The van der Waals surface area contributed by atoms with E-state index in [1.807, 2.05) is 0 Å². The van der Waals surface area contributed by atoms with Crippen LogP contribution in [0, 0.1) is 10.8 Å².